The molecule has 4 aromatic rings. The molecule has 2 aromatic carbocycles. The highest BCUT2D eigenvalue weighted by Crippen LogP contribution is 2.34. The Kier molecular flexibility index (Phi) is 3.82. The predicted molar refractivity (Wildman–Crippen MR) is 106 cm³/mol. The van der Waals surface area contributed by atoms with Gasteiger partial charge in [0.25, 0.3) is 0 Å². The number of para-hydroxylation sites is 1. The van der Waals surface area contributed by atoms with Crippen LogP contribution in [-0.4, -0.2) is 21.6 Å². The van der Waals surface area contributed by atoms with Crippen LogP contribution in [0.25, 0.3) is 21.9 Å². The molecule has 0 N–H and O–H groups in total. The van der Waals surface area contributed by atoms with Crippen LogP contribution in [0.3, 0.4) is 0 Å². The summed E-state index contributed by atoms with van der Waals surface area (Å²) in [7, 11) is 1.72. The van der Waals surface area contributed by atoms with Crippen molar-refractivity contribution in [3.8, 4) is 5.75 Å². The first-order valence-electron chi connectivity index (χ1n) is 8.86. The van der Waals surface area contributed by atoms with E-state index in [0.717, 1.165) is 52.8 Å². The van der Waals surface area contributed by atoms with Crippen LogP contribution in [0.5, 0.6) is 5.75 Å². The van der Waals surface area contributed by atoms with Crippen LogP contribution in [-0.2, 0) is 18.7 Å². The number of ether oxygens (including phenoxy) is 1. The van der Waals surface area contributed by atoms with Crippen molar-refractivity contribution in [1.29, 1.82) is 0 Å². The minimum Gasteiger partial charge on any atom is -0.497 e. The molecular formula is C21H19N3OS. The third-order valence-corrected chi connectivity index (χ3v) is 5.94. The Bertz CT molecular complexity index is 1120. The SMILES string of the molecule is COc1cc2c3c(c1)nc(SCc1ccc4ccccc4n1)n3CCC2. The molecule has 0 bridgehead atoms. The molecule has 4 nitrogen and oxygen atoms in total. The van der Waals surface area contributed by atoms with E-state index in [4.69, 9.17) is 14.7 Å². The number of hydrogen-bond donors (Lipinski definition) is 0. The standard InChI is InChI=1S/C21H19N3OS/c1-25-17-11-15-6-4-10-24-20(15)19(12-17)23-21(24)26-13-16-9-8-14-5-2-3-7-18(14)22-16/h2-3,5,7-9,11-12H,4,6,10,13H2,1H3. The smallest absolute Gasteiger partial charge is 0.169 e. The summed E-state index contributed by atoms with van der Waals surface area (Å²) < 4.78 is 7.80. The fourth-order valence-electron chi connectivity index (χ4n) is 3.69. The molecule has 0 amide bonds. The van der Waals surface area contributed by atoms with E-state index in [1.165, 1.54) is 16.5 Å². The number of nitrogens with zero attached hydrogens (tertiary/aromatic N) is 3. The molecule has 0 unspecified atom stereocenters. The molecule has 0 aliphatic carbocycles. The van der Waals surface area contributed by atoms with Crippen LogP contribution in [0.4, 0.5) is 0 Å². The molecule has 2 aromatic heterocycles. The van der Waals surface area contributed by atoms with Crippen molar-refractivity contribution < 1.29 is 4.74 Å². The van der Waals surface area contributed by atoms with E-state index in [9.17, 15) is 0 Å². The Morgan fingerprint density at radius 2 is 2.00 bits per heavy atom. The number of hydrogen-bond acceptors (Lipinski definition) is 4. The van der Waals surface area contributed by atoms with Crippen LogP contribution in [0.15, 0.2) is 53.7 Å². The third kappa shape index (κ3) is 2.63. The summed E-state index contributed by atoms with van der Waals surface area (Å²) in [5.74, 6) is 1.72. The Morgan fingerprint density at radius 1 is 1.08 bits per heavy atom. The number of aryl methyl sites for hydroxylation is 2. The van der Waals surface area contributed by atoms with Gasteiger partial charge in [0.2, 0.25) is 0 Å². The fraction of sp³-hybridized carbons (Fsp3) is 0.238. The molecule has 1 aliphatic heterocycles. The van der Waals surface area contributed by atoms with Gasteiger partial charge < -0.3 is 9.30 Å². The van der Waals surface area contributed by atoms with Gasteiger partial charge in [-0.1, -0.05) is 36.0 Å². The Balaban J connectivity index is 1.48. The first-order valence-corrected chi connectivity index (χ1v) is 9.85. The molecule has 130 valence electrons. The van der Waals surface area contributed by atoms with Crippen LogP contribution in [0.1, 0.15) is 17.7 Å². The molecule has 1 aliphatic rings. The zero-order valence-electron chi connectivity index (χ0n) is 14.6. The van der Waals surface area contributed by atoms with Crippen LogP contribution in [0.2, 0.25) is 0 Å². The quantitative estimate of drug-likeness (QED) is 0.488. The summed E-state index contributed by atoms with van der Waals surface area (Å²) in [6, 6.07) is 16.7. The first-order chi connectivity index (χ1) is 12.8. The average molecular weight is 361 g/mol. The monoisotopic (exact) mass is 361 g/mol. The van der Waals surface area contributed by atoms with E-state index in [1.807, 2.05) is 18.2 Å². The maximum Gasteiger partial charge on any atom is 0.169 e. The second kappa shape index (κ2) is 6.32. The zero-order valence-corrected chi connectivity index (χ0v) is 15.4. The normalized spacial score (nSPS) is 13.4. The third-order valence-electron chi connectivity index (χ3n) is 4.93. The van der Waals surface area contributed by atoms with Crippen molar-refractivity contribution in [1.82, 2.24) is 14.5 Å². The highest BCUT2D eigenvalue weighted by Gasteiger charge is 2.19. The van der Waals surface area contributed by atoms with Gasteiger partial charge in [0.05, 0.1) is 29.4 Å². The molecule has 5 heteroatoms. The highest BCUT2D eigenvalue weighted by atomic mass is 32.2. The summed E-state index contributed by atoms with van der Waals surface area (Å²) >= 11 is 1.76. The lowest BCUT2D eigenvalue weighted by atomic mass is 10.0. The van der Waals surface area contributed by atoms with Crippen molar-refractivity contribution >= 4 is 33.7 Å². The fourth-order valence-corrected chi connectivity index (χ4v) is 4.63. The number of methoxy groups -OCH3 is 1. The van der Waals surface area contributed by atoms with E-state index in [2.05, 4.69) is 34.9 Å². The molecule has 0 saturated heterocycles. The number of benzene rings is 2. The topological polar surface area (TPSA) is 39.9 Å². The number of imidazole rings is 1. The molecule has 26 heavy (non-hydrogen) atoms. The van der Waals surface area contributed by atoms with Crippen LogP contribution < -0.4 is 4.74 Å². The highest BCUT2D eigenvalue weighted by molar-refractivity contribution is 7.98. The van der Waals surface area contributed by atoms with Crippen molar-refractivity contribution in [2.75, 3.05) is 7.11 Å². The van der Waals surface area contributed by atoms with Crippen molar-refractivity contribution in [3.63, 3.8) is 0 Å². The van der Waals surface area contributed by atoms with Gasteiger partial charge in [-0.3, -0.25) is 4.98 Å². The summed E-state index contributed by atoms with van der Waals surface area (Å²) in [6.07, 6.45) is 2.24. The summed E-state index contributed by atoms with van der Waals surface area (Å²) in [5, 5.41) is 2.25. The molecule has 3 heterocycles. The zero-order chi connectivity index (χ0) is 17.5. The number of aromatic nitrogens is 3. The van der Waals surface area contributed by atoms with Gasteiger partial charge in [0.15, 0.2) is 5.16 Å². The van der Waals surface area contributed by atoms with Crippen LogP contribution >= 0.6 is 11.8 Å². The number of fused-ring (bicyclic) bond motifs is 1. The minimum atomic E-state index is 0.820. The number of rotatable bonds is 4. The molecular weight excluding hydrogens is 342 g/mol. The largest absolute Gasteiger partial charge is 0.497 e. The molecule has 0 saturated carbocycles. The van der Waals surface area contributed by atoms with Gasteiger partial charge in [-0.15, -0.1) is 0 Å². The molecule has 0 fully saturated rings. The Morgan fingerprint density at radius 3 is 2.92 bits per heavy atom. The van der Waals surface area contributed by atoms with Gasteiger partial charge in [-0.2, -0.15) is 0 Å². The first kappa shape index (κ1) is 15.7. The maximum absolute atomic E-state index is 5.44. The summed E-state index contributed by atoms with van der Waals surface area (Å²) in [4.78, 5) is 9.67. The van der Waals surface area contributed by atoms with E-state index in [0.29, 0.717) is 0 Å². The van der Waals surface area contributed by atoms with E-state index in [1.54, 1.807) is 18.9 Å². The second-order valence-corrected chi connectivity index (χ2v) is 7.53. The summed E-state index contributed by atoms with van der Waals surface area (Å²) in [6.45, 7) is 1.03. The Hall–Kier alpha value is -2.53. The van der Waals surface area contributed by atoms with Crippen LogP contribution in [0, 0.1) is 0 Å². The van der Waals surface area contributed by atoms with Gasteiger partial charge in [0.1, 0.15) is 5.75 Å². The maximum atomic E-state index is 5.44. The summed E-state index contributed by atoms with van der Waals surface area (Å²) in [5.41, 5.74) is 5.78. The van der Waals surface area contributed by atoms with Crippen molar-refractivity contribution in [2.45, 2.75) is 30.3 Å². The predicted octanol–water partition coefficient (Wildman–Crippen LogP) is 4.83. The van der Waals surface area contributed by atoms with E-state index < -0.39 is 0 Å². The molecule has 0 spiro atoms. The Labute approximate surface area is 156 Å². The second-order valence-electron chi connectivity index (χ2n) is 6.59. The number of pyridine rings is 1. The minimum absolute atomic E-state index is 0.820. The number of thioether (sulfide) groups is 1. The van der Waals surface area contributed by atoms with Gasteiger partial charge in [0, 0.05) is 23.8 Å². The van der Waals surface area contributed by atoms with E-state index in [-0.39, 0.29) is 0 Å². The molecule has 5 rings (SSSR count). The van der Waals surface area contributed by atoms with Gasteiger partial charge in [-0.05, 0) is 36.6 Å². The lowest BCUT2D eigenvalue weighted by Gasteiger charge is -2.17. The van der Waals surface area contributed by atoms with Gasteiger partial charge >= 0.3 is 0 Å². The van der Waals surface area contributed by atoms with E-state index >= 15 is 0 Å². The average Bonchev–Trinajstić information content (AvgIpc) is 3.05. The lowest BCUT2D eigenvalue weighted by molar-refractivity contribution is 0.414. The lowest BCUT2D eigenvalue weighted by Crippen LogP contribution is -2.08. The van der Waals surface area contributed by atoms with Crippen molar-refractivity contribution in [2.24, 2.45) is 0 Å². The van der Waals surface area contributed by atoms with Gasteiger partial charge in [-0.25, -0.2) is 4.98 Å². The van der Waals surface area contributed by atoms with Crippen molar-refractivity contribution in [3.05, 3.63) is 59.8 Å². The molecule has 0 atom stereocenters. The molecule has 0 radical (unpaired) electrons.